The maximum absolute atomic E-state index is 5.59. The summed E-state index contributed by atoms with van der Waals surface area (Å²) in [7, 11) is 0. The zero-order chi connectivity index (χ0) is 13.1. The van der Waals surface area contributed by atoms with Crippen molar-refractivity contribution >= 4 is 15.9 Å². The molecule has 2 aromatic heterocycles. The average molecular weight is 312 g/mol. The molecule has 2 heterocycles. The number of rotatable bonds is 5. The first-order valence-electron chi connectivity index (χ1n) is 6.09. The Balaban J connectivity index is 2.30. The minimum absolute atomic E-state index is 0.615. The van der Waals surface area contributed by atoms with Gasteiger partial charge >= 0.3 is 0 Å². The Hall–Kier alpha value is -1.14. The summed E-state index contributed by atoms with van der Waals surface area (Å²) in [5.74, 6) is 1.02. The predicted octanol–water partition coefficient (Wildman–Crippen LogP) is 1.72. The van der Waals surface area contributed by atoms with Crippen molar-refractivity contribution in [3.63, 3.8) is 0 Å². The highest BCUT2D eigenvalue weighted by Crippen LogP contribution is 2.22. The fourth-order valence-corrected chi connectivity index (χ4v) is 2.43. The Kier molecular flexibility index (Phi) is 4.19. The molecule has 0 saturated heterocycles. The van der Waals surface area contributed by atoms with Gasteiger partial charge in [0.2, 0.25) is 0 Å². The number of aromatic nitrogens is 4. The van der Waals surface area contributed by atoms with Gasteiger partial charge in [0.25, 0.3) is 0 Å². The van der Waals surface area contributed by atoms with Gasteiger partial charge < -0.3 is 10.3 Å². The third-order valence-electron chi connectivity index (χ3n) is 2.94. The first kappa shape index (κ1) is 13.3. The minimum Gasteiger partial charge on any atom is -0.330 e. The molecule has 18 heavy (non-hydrogen) atoms. The molecule has 0 aliphatic carbocycles. The molecule has 0 aromatic carbocycles. The molecule has 0 atom stereocenters. The van der Waals surface area contributed by atoms with E-state index in [1.807, 2.05) is 24.0 Å². The third kappa shape index (κ3) is 2.49. The van der Waals surface area contributed by atoms with E-state index in [4.69, 9.17) is 5.73 Å². The molecule has 0 aliphatic rings. The zero-order valence-corrected chi connectivity index (χ0v) is 12.3. The van der Waals surface area contributed by atoms with E-state index in [0.717, 1.165) is 35.5 Å². The van der Waals surface area contributed by atoms with E-state index in [1.165, 1.54) is 5.69 Å². The standard InChI is InChI=1S/C12H18BrN5/c1-3-18-10(12(13)9(2)16-18)8-17-7-6-15-11(17)4-5-14/h6-7H,3-5,8,14H2,1-2H3. The second-order valence-corrected chi connectivity index (χ2v) is 4.96. The number of hydrogen-bond donors (Lipinski definition) is 1. The maximum Gasteiger partial charge on any atom is 0.110 e. The molecule has 6 heteroatoms. The van der Waals surface area contributed by atoms with E-state index >= 15 is 0 Å². The number of nitrogens with two attached hydrogens (primary N) is 1. The van der Waals surface area contributed by atoms with Gasteiger partial charge in [-0.25, -0.2) is 4.98 Å². The number of imidazole rings is 1. The van der Waals surface area contributed by atoms with Crippen molar-refractivity contribution < 1.29 is 0 Å². The van der Waals surface area contributed by atoms with Crippen LogP contribution in [0.1, 0.15) is 24.1 Å². The number of halogens is 1. The zero-order valence-electron chi connectivity index (χ0n) is 10.7. The highest BCUT2D eigenvalue weighted by atomic mass is 79.9. The van der Waals surface area contributed by atoms with Crippen molar-refractivity contribution in [1.82, 2.24) is 19.3 Å². The van der Waals surface area contributed by atoms with Crippen molar-refractivity contribution in [1.29, 1.82) is 0 Å². The van der Waals surface area contributed by atoms with Crippen molar-refractivity contribution in [2.24, 2.45) is 5.73 Å². The Labute approximate surface area is 115 Å². The molecule has 2 aromatic rings. The summed E-state index contributed by atoms with van der Waals surface area (Å²) >= 11 is 3.61. The van der Waals surface area contributed by atoms with Crippen molar-refractivity contribution in [3.8, 4) is 0 Å². The van der Waals surface area contributed by atoms with Crippen molar-refractivity contribution in [2.45, 2.75) is 33.4 Å². The molecule has 0 unspecified atom stereocenters. The van der Waals surface area contributed by atoms with Gasteiger partial charge in [0, 0.05) is 25.4 Å². The molecule has 0 aliphatic heterocycles. The summed E-state index contributed by atoms with van der Waals surface area (Å²) in [5.41, 5.74) is 7.79. The monoisotopic (exact) mass is 311 g/mol. The lowest BCUT2D eigenvalue weighted by Gasteiger charge is -2.09. The summed E-state index contributed by atoms with van der Waals surface area (Å²) in [6, 6.07) is 0. The third-order valence-corrected chi connectivity index (χ3v) is 3.97. The van der Waals surface area contributed by atoms with Crippen LogP contribution in [-0.4, -0.2) is 25.9 Å². The molecule has 0 spiro atoms. The minimum atomic E-state index is 0.615. The molecule has 5 nitrogen and oxygen atoms in total. The lowest BCUT2D eigenvalue weighted by molar-refractivity contribution is 0.587. The number of hydrogen-bond acceptors (Lipinski definition) is 3. The van der Waals surface area contributed by atoms with Crippen molar-refractivity contribution in [3.05, 3.63) is 34.1 Å². The van der Waals surface area contributed by atoms with Gasteiger partial charge in [0.05, 0.1) is 22.4 Å². The molecule has 2 rings (SSSR count). The van der Waals surface area contributed by atoms with Crippen LogP contribution in [0.15, 0.2) is 16.9 Å². The SMILES string of the molecule is CCn1nc(C)c(Br)c1Cn1ccnc1CCN. The molecular weight excluding hydrogens is 294 g/mol. The van der Waals surface area contributed by atoms with Gasteiger partial charge in [-0.1, -0.05) is 0 Å². The van der Waals surface area contributed by atoms with Crippen LogP contribution >= 0.6 is 15.9 Å². The molecule has 0 bridgehead atoms. The normalized spacial score (nSPS) is 11.1. The van der Waals surface area contributed by atoms with E-state index in [-0.39, 0.29) is 0 Å². The summed E-state index contributed by atoms with van der Waals surface area (Å²) in [5, 5.41) is 4.50. The average Bonchev–Trinajstić information content (AvgIpc) is 2.90. The fraction of sp³-hybridized carbons (Fsp3) is 0.500. The van der Waals surface area contributed by atoms with E-state index in [2.05, 4.69) is 37.5 Å². The molecule has 0 saturated carbocycles. The topological polar surface area (TPSA) is 61.7 Å². The van der Waals surface area contributed by atoms with Crippen LogP contribution in [0.2, 0.25) is 0 Å². The van der Waals surface area contributed by atoms with Gasteiger partial charge in [-0.3, -0.25) is 4.68 Å². The second-order valence-electron chi connectivity index (χ2n) is 4.17. The summed E-state index contributed by atoms with van der Waals surface area (Å²) in [6.45, 7) is 6.35. The quantitative estimate of drug-likeness (QED) is 0.914. The molecule has 98 valence electrons. The predicted molar refractivity (Wildman–Crippen MR) is 74.4 cm³/mol. The smallest absolute Gasteiger partial charge is 0.110 e. The molecule has 0 amide bonds. The van der Waals surface area contributed by atoms with Gasteiger partial charge in [-0.2, -0.15) is 5.10 Å². The van der Waals surface area contributed by atoms with Crippen LogP contribution in [0.25, 0.3) is 0 Å². The van der Waals surface area contributed by atoms with Crippen LogP contribution in [0.3, 0.4) is 0 Å². The molecule has 2 N–H and O–H groups in total. The largest absolute Gasteiger partial charge is 0.330 e. The first-order chi connectivity index (χ1) is 8.67. The van der Waals surface area contributed by atoms with E-state index in [1.54, 1.807) is 0 Å². The van der Waals surface area contributed by atoms with Crippen LogP contribution < -0.4 is 5.73 Å². The van der Waals surface area contributed by atoms with Gasteiger partial charge in [0.15, 0.2) is 0 Å². The lowest BCUT2D eigenvalue weighted by Crippen LogP contribution is -2.13. The van der Waals surface area contributed by atoms with Crippen LogP contribution in [0, 0.1) is 6.92 Å². The first-order valence-corrected chi connectivity index (χ1v) is 6.88. The van der Waals surface area contributed by atoms with Crippen molar-refractivity contribution in [2.75, 3.05) is 6.54 Å². The van der Waals surface area contributed by atoms with Gasteiger partial charge in [0.1, 0.15) is 5.82 Å². The Bertz CT molecular complexity index is 529. The van der Waals surface area contributed by atoms with Gasteiger partial charge in [-0.15, -0.1) is 0 Å². The Morgan fingerprint density at radius 2 is 2.22 bits per heavy atom. The highest BCUT2D eigenvalue weighted by Gasteiger charge is 2.13. The van der Waals surface area contributed by atoms with Crippen LogP contribution in [0.5, 0.6) is 0 Å². The number of nitrogens with zero attached hydrogens (tertiary/aromatic N) is 4. The van der Waals surface area contributed by atoms with Crippen LogP contribution in [0.4, 0.5) is 0 Å². The number of aryl methyl sites for hydroxylation is 2. The summed E-state index contributed by atoms with van der Waals surface area (Å²) in [4.78, 5) is 4.33. The van der Waals surface area contributed by atoms with E-state index < -0.39 is 0 Å². The second kappa shape index (κ2) is 5.67. The van der Waals surface area contributed by atoms with Crippen LogP contribution in [-0.2, 0) is 19.5 Å². The van der Waals surface area contributed by atoms with E-state index in [0.29, 0.717) is 6.54 Å². The Morgan fingerprint density at radius 1 is 1.44 bits per heavy atom. The molecule has 0 radical (unpaired) electrons. The fourth-order valence-electron chi connectivity index (χ4n) is 2.02. The maximum atomic E-state index is 5.59. The highest BCUT2D eigenvalue weighted by molar-refractivity contribution is 9.10. The Morgan fingerprint density at radius 3 is 2.89 bits per heavy atom. The lowest BCUT2D eigenvalue weighted by atomic mass is 10.3. The molecular formula is C12H18BrN5. The van der Waals surface area contributed by atoms with E-state index in [9.17, 15) is 0 Å². The summed E-state index contributed by atoms with van der Waals surface area (Å²) in [6.07, 6.45) is 4.60. The molecule has 0 fully saturated rings. The summed E-state index contributed by atoms with van der Waals surface area (Å²) < 4.78 is 5.23. The van der Waals surface area contributed by atoms with Gasteiger partial charge in [-0.05, 0) is 36.3 Å².